The lowest BCUT2D eigenvalue weighted by atomic mass is 10.1. The summed E-state index contributed by atoms with van der Waals surface area (Å²) in [4.78, 5) is 1.69. The Hall–Kier alpha value is -0.220. The molecule has 0 aliphatic heterocycles. The van der Waals surface area contributed by atoms with E-state index in [1.807, 2.05) is 7.05 Å². The van der Waals surface area contributed by atoms with Gasteiger partial charge in [0.15, 0.2) is 0 Å². The van der Waals surface area contributed by atoms with E-state index in [1.54, 1.807) is 11.9 Å². The summed E-state index contributed by atoms with van der Waals surface area (Å²) in [6, 6.07) is 0.524. The van der Waals surface area contributed by atoms with Gasteiger partial charge in [0.1, 0.15) is 0 Å². The topological polar surface area (TPSA) is 15.3 Å². The van der Waals surface area contributed by atoms with Crippen LogP contribution < -0.4 is 5.32 Å². The standard InChI is InChI=1S/C10H22F2N2/c1-9(13-2)6-4-5-7-14(3)8-10(11)12/h9-10,13H,4-8H2,1-3H3. The van der Waals surface area contributed by atoms with Gasteiger partial charge in [-0.05, 0) is 40.4 Å². The molecule has 0 saturated carbocycles. The summed E-state index contributed by atoms with van der Waals surface area (Å²) in [5.41, 5.74) is 0. The summed E-state index contributed by atoms with van der Waals surface area (Å²) in [5, 5.41) is 3.15. The molecule has 0 radical (unpaired) electrons. The van der Waals surface area contributed by atoms with Gasteiger partial charge >= 0.3 is 0 Å². The molecule has 1 atom stereocenters. The molecule has 0 heterocycles. The third-order valence-corrected chi connectivity index (χ3v) is 2.37. The van der Waals surface area contributed by atoms with Gasteiger partial charge in [-0.25, -0.2) is 8.78 Å². The minimum Gasteiger partial charge on any atom is -0.317 e. The van der Waals surface area contributed by atoms with Crippen LogP contribution in [0.15, 0.2) is 0 Å². The minimum absolute atomic E-state index is 0.110. The number of rotatable bonds is 8. The second-order valence-electron chi connectivity index (χ2n) is 3.84. The highest BCUT2D eigenvalue weighted by atomic mass is 19.3. The maximum atomic E-state index is 11.9. The van der Waals surface area contributed by atoms with E-state index in [0.717, 1.165) is 25.8 Å². The highest BCUT2D eigenvalue weighted by molar-refractivity contribution is 4.59. The van der Waals surface area contributed by atoms with Crippen molar-refractivity contribution >= 4 is 0 Å². The van der Waals surface area contributed by atoms with E-state index in [9.17, 15) is 8.78 Å². The lowest BCUT2D eigenvalue weighted by molar-refractivity contribution is 0.0995. The monoisotopic (exact) mass is 208 g/mol. The van der Waals surface area contributed by atoms with Gasteiger partial charge in [0.2, 0.25) is 0 Å². The number of alkyl halides is 2. The zero-order valence-electron chi connectivity index (χ0n) is 9.39. The van der Waals surface area contributed by atoms with Crippen LogP contribution in [0, 0.1) is 0 Å². The number of hydrogen-bond donors (Lipinski definition) is 1. The Morgan fingerprint density at radius 3 is 2.43 bits per heavy atom. The van der Waals surface area contributed by atoms with E-state index in [-0.39, 0.29) is 6.54 Å². The van der Waals surface area contributed by atoms with Crippen LogP contribution in [0.3, 0.4) is 0 Å². The van der Waals surface area contributed by atoms with Crippen molar-refractivity contribution in [3.8, 4) is 0 Å². The molecule has 0 aromatic rings. The van der Waals surface area contributed by atoms with Crippen LogP contribution in [0.1, 0.15) is 26.2 Å². The highest BCUT2D eigenvalue weighted by Gasteiger charge is 2.06. The van der Waals surface area contributed by atoms with Gasteiger partial charge in [0.25, 0.3) is 6.43 Å². The summed E-state index contributed by atoms with van der Waals surface area (Å²) >= 11 is 0. The first kappa shape index (κ1) is 13.8. The van der Waals surface area contributed by atoms with Gasteiger partial charge in [-0.2, -0.15) is 0 Å². The van der Waals surface area contributed by atoms with Crippen LogP contribution in [0.4, 0.5) is 8.78 Å². The van der Waals surface area contributed by atoms with Gasteiger partial charge in [0.05, 0.1) is 6.54 Å². The Bertz CT molecular complexity index is 131. The zero-order valence-corrected chi connectivity index (χ0v) is 9.39. The summed E-state index contributed by atoms with van der Waals surface area (Å²) in [6.07, 6.45) is 0.986. The maximum Gasteiger partial charge on any atom is 0.251 e. The zero-order chi connectivity index (χ0) is 11.0. The Balaban J connectivity index is 3.27. The molecular formula is C10H22F2N2. The van der Waals surface area contributed by atoms with Crippen LogP contribution in [-0.4, -0.2) is 44.6 Å². The van der Waals surface area contributed by atoms with Crippen molar-refractivity contribution in [1.82, 2.24) is 10.2 Å². The first-order valence-corrected chi connectivity index (χ1v) is 5.20. The molecule has 0 fully saturated rings. The Kier molecular flexibility index (Phi) is 7.99. The van der Waals surface area contributed by atoms with E-state index in [1.165, 1.54) is 0 Å². The number of nitrogens with zero attached hydrogens (tertiary/aromatic N) is 1. The van der Waals surface area contributed by atoms with Crippen molar-refractivity contribution in [2.75, 3.05) is 27.2 Å². The van der Waals surface area contributed by atoms with Crippen LogP contribution in [0.2, 0.25) is 0 Å². The van der Waals surface area contributed by atoms with E-state index in [2.05, 4.69) is 12.2 Å². The predicted molar refractivity (Wildman–Crippen MR) is 55.9 cm³/mol. The van der Waals surface area contributed by atoms with Crippen molar-refractivity contribution in [2.45, 2.75) is 38.7 Å². The maximum absolute atomic E-state index is 11.9. The summed E-state index contributed by atoms with van der Waals surface area (Å²) < 4.78 is 23.9. The Morgan fingerprint density at radius 2 is 1.93 bits per heavy atom. The molecular weight excluding hydrogens is 186 g/mol. The van der Waals surface area contributed by atoms with Gasteiger partial charge in [-0.15, -0.1) is 0 Å². The molecule has 0 aliphatic carbocycles. The molecule has 0 aliphatic rings. The molecule has 0 rings (SSSR count). The molecule has 1 unspecified atom stereocenters. The number of unbranched alkanes of at least 4 members (excludes halogenated alkanes) is 1. The van der Waals surface area contributed by atoms with Crippen molar-refractivity contribution in [1.29, 1.82) is 0 Å². The van der Waals surface area contributed by atoms with Crippen LogP contribution in [0.25, 0.3) is 0 Å². The predicted octanol–water partition coefficient (Wildman–Crippen LogP) is 1.96. The number of hydrogen-bond acceptors (Lipinski definition) is 2. The van der Waals surface area contributed by atoms with E-state index in [4.69, 9.17) is 0 Å². The van der Waals surface area contributed by atoms with Crippen molar-refractivity contribution < 1.29 is 8.78 Å². The Labute approximate surface area is 85.7 Å². The van der Waals surface area contributed by atoms with Crippen LogP contribution in [0.5, 0.6) is 0 Å². The Morgan fingerprint density at radius 1 is 1.29 bits per heavy atom. The van der Waals surface area contributed by atoms with Crippen molar-refractivity contribution in [3.63, 3.8) is 0 Å². The average molecular weight is 208 g/mol. The third-order valence-electron chi connectivity index (χ3n) is 2.37. The second-order valence-corrected chi connectivity index (χ2v) is 3.84. The molecule has 14 heavy (non-hydrogen) atoms. The van der Waals surface area contributed by atoms with E-state index in [0.29, 0.717) is 6.04 Å². The smallest absolute Gasteiger partial charge is 0.251 e. The largest absolute Gasteiger partial charge is 0.317 e. The fraction of sp³-hybridized carbons (Fsp3) is 1.00. The molecule has 86 valence electrons. The molecule has 0 aromatic carbocycles. The SMILES string of the molecule is CNC(C)CCCCN(C)CC(F)F. The van der Waals surface area contributed by atoms with Crippen LogP contribution in [-0.2, 0) is 0 Å². The number of halogens is 2. The summed E-state index contributed by atoms with van der Waals surface area (Å²) in [7, 11) is 3.68. The molecule has 4 heteroatoms. The molecule has 0 saturated heterocycles. The molecule has 0 spiro atoms. The normalized spacial score (nSPS) is 13.9. The average Bonchev–Trinajstić information content (AvgIpc) is 2.10. The molecule has 0 aromatic heterocycles. The molecule has 2 nitrogen and oxygen atoms in total. The first-order valence-electron chi connectivity index (χ1n) is 5.20. The first-order chi connectivity index (χ1) is 6.56. The van der Waals surface area contributed by atoms with Gasteiger partial charge in [0, 0.05) is 6.04 Å². The van der Waals surface area contributed by atoms with Crippen molar-refractivity contribution in [3.05, 3.63) is 0 Å². The van der Waals surface area contributed by atoms with Crippen molar-refractivity contribution in [2.24, 2.45) is 0 Å². The molecule has 0 amide bonds. The number of nitrogens with one attached hydrogen (secondary N) is 1. The fourth-order valence-electron chi connectivity index (χ4n) is 1.30. The lowest BCUT2D eigenvalue weighted by Crippen LogP contribution is -2.26. The molecule has 1 N–H and O–H groups in total. The summed E-state index contributed by atoms with van der Waals surface area (Å²) in [5.74, 6) is 0. The summed E-state index contributed by atoms with van der Waals surface area (Å²) in [6.45, 7) is 2.78. The third kappa shape index (κ3) is 8.38. The van der Waals surface area contributed by atoms with Crippen LogP contribution >= 0.6 is 0 Å². The van der Waals surface area contributed by atoms with Gasteiger partial charge < -0.3 is 10.2 Å². The fourth-order valence-corrected chi connectivity index (χ4v) is 1.30. The minimum atomic E-state index is -2.21. The quantitative estimate of drug-likeness (QED) is 0.613. The second kappa shape index (κ2) is 8.12. The van der Waals surface area contributed by atoms with Gasteiger partial charge in [-0.1, -0.05) is 6.42 Å². The van der Waals surface area contributed by atoms with E-state index >= 15 is 0 Å². The van der Waals surface area contributed by atoms with E-state index < -0.39 is 6.43 Å². The van der Waals surface area contributed by atoms with Gasteiger partial charge in [-0.3, -0.25) is 0 Å². The lowest BCUT2D eigenvalue weighted by Gasteiger charge is -2.16. The highest BCUT2D eigenvalue weighted by Crippen LogP contribution is 2.02. The molecule has 0 bridgehead atoms.